The number of carbonyl (C=O) groups is 4. The molecule has 10 nitrogen and oxygen atoms in total. The van der Waals surface area contributed by atoms with Gasteiger partial charge in [0.15, 0.2) is 0 Å². The summed E-state index contributed by atoms with van der Waals surface area (Å²) in [5.74, 6) is -2.13. The van der Waals surface area contributed by atoms with E-state index >= 15 is 0 Å². The molecule has 10 heteroatoms. The number of alkyl carbamates (subject to hydrolysis) is 1. The number of nitrogens with zero attached hydrogens (tertiary/aromatic N) is 1. The highest BCUT2D eigenvalue weighted by atomic mass is 16.6. The Balaban J connectivity index is 2.85. The van der Waals surface area contributed by atoms with Crippen LogP contribution in [0.3, 0.4) is 0 Å². The molecule has 0 saturated carbocycles. The van der Waals surface area contributed by atoms with Crippen molar-refractivity contribution in [3.8, 4) is 0 Å². The lowest BCUT2D eigenvalue weighted by Gasteiger charge is -2.23. The number of benzene rings is 1. The molecule has 1 unspecified atom stereocenters. The summed E-state index contributed by atoms with van der Waals surface area (Å²) in [5, 5.41) is 17.2. The maximum atomic E-state index is 12.3. The van der Waals surface area contributed by atoms with Crippen LogP contribution >= 0.6 is 0 Å². The maximum absolute atomic E-state index is 12.3. The topological polar surface area (TPSA) is 146 Å². The number of hydrazone groups is 1. The lowest BCUT2D eigenvalue weighted by molar-refractivity contribution is -0.138. The van der Waals surface area contributed by atoms with E-state index in [4.69, 9.17) is 9.84 Å². The average Bonchev–Trinajstić information content (AvgIpc) is 2.58. The van der Waals surface area contributed by atoms with E-state index in [-0.39, 0.29) is 12.3 Å². The summed E-state index contributed by atoms with van der Waals surface area (Å²) >= 11 is 0. The normalized spacial score (nSPS) is 12.1. The lowest BCUT2D eigenvalue weighted by atomic mass is 10.0. The van der Waals surface area contributed by atoms with Gasteiger partial charge in [0.2, 0.25) is 11.8 Å². The van der Waals surface area contributed by atoms with Crippen LogP contribution in [0.1, 0.15) is 38.8 Å². The summed E-state index contributed by atoms with van der Waals surface area (Å²) in [5.41, 5.74) is 2.97. The Hall–Kier alpha value is -3.43. The third kappa shape index (κ3) is 10.5. The van der Waals surface area contributed by atoms with Crippen molar-refractivity contribution in [2.24, 2.45) is 5.10 Å². The van der Waals surface area contributed by atoms with Gasteiger partial charge >= 0.3 is 12.1 Å². The van der Waals surface area contributed by atoms with Gasteiger partial charge in [0.05, 0.1) is 6.21 Å². The fourth-order valence-corrected chi connectivity index (χ4v) is 2.12. The molecule has 0 heterocycles. The van der Waals surface area contributed by atoms with Crippen molar-refractivity contribution in [1.29, 1.82) is 0 Å². The van der Waals surface area contributed by atoms with Crippen LogP contribution < -0.4 is 16.1 Å². The van der Waals surface area contributed by atoms with E-state index in [0.717, 1.165) is 5.56 Å². The fourth-order valence-electron chi connectivity index (χ4n) is 2.12. The number of carboxylic acids is 1. The molecular formula is C19H26N4O6. The highest BCUT2D eigenvalue weighted by Gasteiger charge is 2.25. The smallest absolute Gasteiger partial charge is 0.408 e. The highest BCUT2D eigenvalue weighted by molar-refractivity contribution is 5.88. The SMILES string of the molecule is CC(=O)NN=Cc1ccc(CC(NC(=O)OC(C)(C)C)C(=O)NCC(=O)O)cc1. The zero-order chi connectivity index (χ0) is 22.0. The second-order valence-electron chi connectivity index (χ2n) is 7.18. The van der Waals surface area contributed by atoms with Crippen LogP contribution in [0.4, 0.5) is 4.79 Å². The van der Waals surface area contributed by atoms with Crippen LogP contribution in [0.5, 0.6) is 0 Å². The number of hydrogen-bond donors (Lipinski definition) is 4. The third-order valence-electron chi connectivity index (χ3n) is 3.28. The van der Waals surface area contributed by atoms with Gasteiger partial charge in [-0.1, -0.05) is 24.3 Å². The molecular weight excluding hydrogens is 380 g/mol. The first kappa shape index (κ1) is 23.6. The second-order valence-corrected chi connectivity index (χ2v) is 7.18. The van der Waals surface area contributed by atoms with Gasteiger partial charge in [-0.25, -0.2) is 10.2 Å². The molecule has 0 aliphatic heterocycles. The number of ether oxygens (including phenoxy) is 1. The summed E-state index contributed by atoms with van der Waals surface area (Å²) < 4.78 is 5.17. The van der Waals surface area contributed by atoms with E-state index in [0.29, 0.717) is 5.56 Å². The lowest BCUT2D eigenvalue weighted by Crippen LogP contribution is -2.50. The summed E-state index contributed by atoms with van der Waals surface area (Å²) in [4.78, 5) is 45.9. The van der Waals surface area contributed by atoms with Gasteiger partial charge < -0.3 is 20.5 Å². The van der Waals surface area contributed by atoms with Gasteiger partial charge in [-0.2, -0.15) is 5.10 Å². The molecule has 1 aromatic rings. The number of amides is 3. The fraction of sp³-hybridized carbons (Fsp3) is 0.421. The highest BCUT2D eigenvalue weighted by Crippen LogP contribution is 2.09. The van der Waals surface area contributed by atoms with Crippen molar-refractivity contribution in [3.63, 3.8) is 0 Å². The van der Waals surface area contributed by atoms with Crippen molar-refractivity contribution in [3.05, 3.63) is 35.4 Å². The summed E-state index contributed by atoms with van der Waals surface area (Å²) in [6.07, 6.45) is 0.793. The molecule has 3 amide bonds. The Morgan fingerprint density at radius 2 is 1.79 bits per heavy atom. The van der Waals surface area contributed by atoms with Gasteiger partial charge in [-0.05, 0) is 31.9 Å². The molecule has 1 rings (SSSR count). The molecule has 1 atom stereocenters. The standard InChI is InChI=1S/C19H26N4O6/c1-12(24)23-21-10-14-7-5-13(6-8-14)9-15(17(27)20-11-16(25)26)22-18(28)29-19(2,3)4/h5-8,10,15H,9,11H2,1-4H3,(H,20,27)(H,22,28)(H,23,24)(H,25,26). The van der Waals surface area contributed by atoms with Gasteiger partial charge in [0, 0.05) is 13.3 Å². The summed E-state index contributed by atoms with van der Waals surface area (Å²) in [6, 6.07) is 5.87. The number of carbonyl (C=O) groups excluding carboxylic acids is 3. The van der Waals surface area contributed by atoms with Crippen LogP contribution in [-0.2, 0) is 25.5 Å². The van der Waals surface area contributed by atoms with Gasteiger partial charge in [-0.15, -0.1) is 0 Å². The van der Waals surface area contributed by atoms with E-state index < -0.39 is 36.2 Å². The molecule has 0 aliphatic rings. The van der Waals surface area contributed by atoms with Gasteiger partial charge in [0.25, 0.3) is 0 Å². The first-order valence-electron chi connectivity index (χ1n) is 8.84. The van der Waals surface area contributed by atoms with Crippen molar-refractivity contribution in [2.75, 3.05) is 6.54 Å². The zero-order valence-corrected chi connectivity index (χ0v) is 16.8. The van der Waals surface area contributed by atoms with Crippen molar-refractivity contribution in [1.82, 2.24) is 16.1 Å². The number of rotatable bonds is 8. The van der Waals surface area contributed by atoms with Crippen molar-refractivity contribution in [2.45, 2.75) is 45.8 Å². The van der Waals surface area contributed by atoms with E-state index in [9.17, 15) is 19.2 Å². The minimum atomic E-state index is -1.20. The Kier molecular flexibility index (Phi) is 8.78. The van der Waals surface area contributed by atoms with E-state index in [1.807, 2.05) is 0 Å². The first-order valence-corrected chi connectivity index (χ1v) is 8.84. The minimum absolute atomic E-state index is 0.119. The molecule has 4 N–H and O–H groups in total. The number of carboxylic acid groups (broad SMARTS) is 1. The quantitative estimate of drug-likeness (QED) is 0.371. The van der Waals surface area contributed by atoms with Crippen LogP contribution in [0.15, 0.2) is 29.4 Å². The molecule has 29 heavy (non-hydrogen) atoms. The number of nitrogens with one attached hydrogen (secondary N) is 3. The van der Waals surface area contributed by atoms with E-state index in [1.165, 1.54) is 13.1 Å². The molecule has 158 valence electrons. The Labute approximate surface area is 168 Å². The van der Waals surface area contributed by atoms with Crippen molar-refractivity contribution >= 4 is 30.1 Å². The van der Waals surface area contributed by atoms with Crippen LogP contribution in [-0.4, -0.2) is 53.4 Å². The van der Waals surface area contributed by atoms with Gasteiger partial charge in [0.1, 0.15) is 18.2 Å². The monoisotopic (exact) mass is 406 g/mol. The third-order valence-corrected chi connectivity index (χ3v) is 3.28. The molecule has 0 aliphatic carbocycles. The van der Waals surface area contributed by atoms with Gasteiger partial charge in [-0.3, -0.25) is 14.4 Å². The molecule has 0 aromatic heterocycles. The first-order chi connectivity index (χ1) is 13.5. The van der Waals surface area contributed by atoms with Crippen LogP contribution in [0, 0.1) is 0 Å². The van der Waals surface area contributed by atoms with Crippen molar-refractivity contribution < 1.29 is 29.0 Å². The largest absolute Gasteiger partial charge is 0.480 e. The van der Waals surface area contributed by atoms with E-state index in [1.54, 1.807) is 45.0 Å². The summed E-state index contributed by atoms with van der Waals surface area (Å²) in [7, 11) is 0. The molecule has 0 spiro atoms. The van der Waals surface area contributed by atoms with Crippen LogP contribution in [0.25, 0.3) is 0 Å². The summed E-state index contributed by atoms with van der Waals surface area (Å²) in [6.45, 7) is 5.84. The molecule has 0 bridgehead atoms. The number of aliphatic carboxylic acids is 1. The van der Waals surface area contributed by atoms with Crippen LogP contribution in [0.2, 0.25) is 0 Å². The Morgan fingerprint density at radius 1 is 1.17 bits per heavy atom. The number of hydrogen-bond acceptors (Lipinski definition) is 6. The molecule has 1 aromatic carbocycles. The molecule has 0 saturated heterocycles. The predicted octanol–water partition coefficient (Wildman–Crippen LogP) is 0.793. The molecule has 0 fully saturated rings. The predicted molar refractivity (Wildman–Crippen MR) is 105 cm³/mol. The average molecular weight is 406 g/mol. The maximum Gasteiger partial charge on any atom is 0.408 e. The zero-order valence-electron chi connectivity index (χ0n) is 16.8. The Bertz CT molecular complexity index is 768. The second kappa shape index (κ2) is 10.8. The van der Waals surface area contributed by atoms with E-state index in [2.05, 4.69) is 21.2 Å². The minimum Gasteiger partial charge on any atom is -0.480 e. The Morgan fingerprint density at radius 3 is 2.31 bits per heavy atom. The molecule has 0 radical (unpaired) electrons.